The van der Waals surface area contributed by atoms with Crippen molar-refractivity contribution in [3.63, 3.8) is 0 Å². The molecule has 0 unspecified atom stereocenters. The molecule has 0 fully saturated rings. The summed E-state index contributed by atoms with van der Waals surface area (Å²) in [5, 5.41) is 8.38. The van der Waals surface area contributed by atoms with E-state index in [2.05, 4.69) is 22.3 Å². The summed E-state index contributed by atoms with van der Waals surface area (Å²) in [5.41, 5.74) is 2.31. The molecule has 0 radical (unpaired) electrons. The van der Waals surface area contributed by atoms with Crippen LogP contribution in [0.25, 0.3) is 4.96 Å². The van der Waals surface area contributed by atoms with Gasteiger partial charge in [0.15, 0.2) is 0 Å². The monoisotopic (exact) mass is 478 g/mol. The lowest BCUT2D eigenvalue weighted by molar-refractivity contribution is -0.117. The van der Waals surface area contributed by atoms with Crippen molar-refractivity contribution in [3.05, 3.63) is 87.3 Å². The quantitative estimate of drug-likeness (QED) is 0.320. The second-order valence-corrected chi connectivity index (χ2v) is 9.73. The van der Waals surface area contributed by atoms with Crippen molar-refractivity contribution < 1.29 is 4.79 Å². The number of benzene rings is 2. The molecule has 1 amide bonds. The lowest BCUT2D eigenvalue weighted by Crippen LogP contribution is -2.21. The summed E-state index contributed by atoms with van der Waals surface area (Å²) in [6.07, 6.45) is 2.53. The Morgan fingerprint density at radius 2 is 1.88 bits per heavy atom. The Bertz CT molecular complexity index is 1300. The molecule has 170 valence electrons. The van der Waals surface area contributed by atoms with Gasteiger partial charge in [-0.2, -0.15) is 9.61 Å². The molecule has 33 heavy (non-hydrogen) atoms. The first-order valence-electron chi connectivity index (χ1n) is 11.0. The highest BCUT2D eigenvalue weighted by atomic mass is 32.2. The van der Waals surface area contributed by atoms with E-state index in [1.54, 1.807) is 17.8 Å². The maximum Gasteiger partial charge on any atom is 0.275 e. The lowest BCUT2D eigenvalue weighted by atomic mass is 9.95. The van der Waals surface area contributed by atoms with Gasteiger partial charge in [-0.25, -0.2) is 4.98 Å². The van der Waals surface area contributed by atoms with Gasteiger partial charge in [-0.15, -0.1) is 11.8 Å². The van der Waals surface area contributed by atoms with Crippen LogP contribution in [0.15, 0.2) is 70.4 Å². The highest BCUT2D eigenvalue weighted by Gasteiger charge is 2.19. The maximum atomic E-state index is 13.0. The van der Waals surface area contributed by atoms with Crippen LogP contribution in [0.5, 0.6) is 0 Å². The van der Waals surface area contributed by atoms with Crippen molar-refractivity contribution in [1.82, 2.24) is 14.6 Å². The number of rotatable bonds is 9. The first-order chi connectivity index (χ1) is 16.1. The zero-order chi connectivity index (χ0) is 23.2. The number of nitrogens with one attached hydrogen (secondary N) is 1. The summed E-state index contributed by atoms with van der Waals surface area (Å²) in [4.78, 5) is 31.7. The molecule has 4 aromatic rings. The molecule has 0 saturated carbocycles. The van der Waals surface area contributed by atoms with Gasteiger partial charge in [-0.3, -0.25) is 9.59 Å². The predicted octanol–water partition coefficient (Wildman–Crippen LogP) is 5.53. The minimum atomic E-state index is -0.211. The van der Waals surface area contributed by atoms with Crippen LogP contribution in [0.2, 0.25) is 0 Å². The minimum absolute atomic E-state index is 0.0253. The average molecular weight is 479 g/mol. The van der Waals surface area contributed by atoms with Gasteiger partial charge >= 0.3 is 0 Å². The molecule has 2 aromatic carbocycles. The van der Waals surface area contributed by atoms with Gasteiger partial charge in [-0.1, -0.05) is 67.6 Å². The van der Waals surface area contributed by atoms with Crippen molar-refractivity contribution in [2.75, 3.05) is 5.32 Å². The Hall–Kier alpha value is -2.97. The second kappa shape index (κ2) is 10.8. The molecule has 0 bridgehead atoms. The Kier molecular flexibility index (Phi) is 7.57. The summed E-state index contributed by atoms with van der Waals surface area (Å²) in [5.74, 6) is 0.287. The highest BCUT2D eigenvalue weighted by molar-refractivity contribution is 7.98. The van der Waals surface area contributed by atoms with Crippen LogP contribution in [0.4, 0.5) is 5.69 Å². The molecule has 0 saturated heterocycles. The standard InChI is InChI=1S/C25H26N4O2S2/c1-3-10-22-28-29-23(30)15-18(26-25(29)33-22)16-32-21-14-9-8-13-20(21)27-24(31)19(4-2)17-11-6-5-7-12-17/h5-9,11-15,19H,3-4,10,16H2,1-2H3,(H,27,31)/t19-/m1/s1. The zero-order valence-corrected chi connectivity index (χ0v) is 20.3. The third kappa shape index (κ3) is 5.51. The van der Waals surface area contributed by atoms with Crippen LogP contribution >= 0.6 is 23.1 Å². The molecule has 0 aliphatic carbocycles. The van der Waals surface area contributed by atoms with Crippen LogP contribution in [0.3, 0.4) is 0 Å². The molecule has 0 aliphatic rings. The first kappa shape index (κ1) is 23.2. The number of thioether (sulfide) groups is 1. The number of aryl methyl sites for hydroxylation is 1. The second-order valence-electron chi connectivity index (χ2n) is 7.67. The van der Waals surface area contributed by atoms with E-state index < -0.39 is 0 Å². The molecule has 8 heteroatoms. The van der Waals surface area contributed by atoms with E-state index in [1.807, 2.05) is 61.5 Å². The number of anilines is 1. The molecular weight excluding hydrogens is 452 g/mol. The minimum Gasteiger partial charge on any atom is -0.325 e. The van der Waals surface area contributed by atoms with Gasteiger partial charge in [0.2, 0.25) is 10.9 Å². The SMILES string of the molecule is CCCc1nn2c(=O)cc(CSc3ccccc3NC(=O)[C@H](CC)c3ccccc3)nc2s1. The molecule has 0 spiro atoms. The number of carbonyl (C=O) groups excluding carboxylic acids is 1. The summed E-state index contributed by atoms with van der Waals surface area (Å²) in [6.45, 7) is 4.10. The van der Waals surface area contributed by atoms with Gasteiger partial charge in [0.05, 0.1) is 17.3 Å². The number of hydrogen-bond acceptors (Lipinski definition) is 6. The average Bonchev–Trinajstić information content (AvgIpc) is 3.23. The number of fused-ring (bicyclic) bond motifs is 1. The van der Waals surface area contributed by atoms with E-state index in [4.69, 9.17) is 0 Å². The van der Waals surface area contributed by atoms with Gasteiger partial charge < -0.3 is 5.32 Å². The van der Waals surface area contributed by atoms with Crippen molar-refractivity contribution in [2.24, 2.45) is 0 Å². The Morgan fingerprint density at radius 3 is 2.64 bits per heavy atom. The topological polar surface area (TPSA) is 76.4 Å². The normalized spacial score (nSPS) is 12.1. The predicted molar refractivity (Wildman–Crippen MR) is 135 cm³/mol. The smallest absolute Gasteiger partial charge is 0.275 e. The highest BCUT2D eigenvalue weighted by Crippen LogP contribution is 2.31. The molecule has 4 rings (SSSR count). The fourth-order valence-electron chi connectivity index (χ4n) is 3.61. The van der Waals surface area contributed by atoms with Gasteiger partial charge in [0.25, 0.3) is 5.56 Å². The number of aromatic nitrogens is 3. The molecule has 6 nitrogen and oxygen atoms in total. The first-order valence-corrected chi connectivity index (χ1v) is 12.9. The van der Waals surface area contributed by atoms with Crippen molar-refractivity contribution in [1.29, 1.82) is 0 Å². The van der Waals surface area contributed by atoms with Gasteiger partial charge in [0, 0.05) is 23.1 Å². The summed E-state index contributed by atoms with van der Waals surface area (Å²) >= 11 is 3.01. The van der Waals surface area contributed by atoms with Gasteiger partial charge in [0.1, 0.15) is 5.01 Å². The fraction of sp³-hybridized carbons (Fsp3) is 0.280. The summed E-state index contributed by atoms with van der Waals surface area (Å²) in [6, 6.07) is 19.1. The van der Waals surface area contributed by atoms with E-state index in [-0.39, 0.29) is 17.4 Å². The van der Waals surface area contributed by atoms with Crippen molar-refractivity contribution in [2.45, 2.75) is 49.7 Å². The van der Waals surface area contributed by atoms with Crippen molar-refractivity contribution >= 4 is 39.7 Å². The molecule has 2 heterocycles. The zero-order valence-electron chi connectivity index (χ0n) is 18.7. The van der Waals surface area contributed by atoms with E-state index in [0.29, 0.717) is 22.8 Å². The van der Waals surface area contributed by atoms with Crippen LogP contribution < -0.4 is 10.9 Å². The third-order valence-electron chi connectivity index (χ3n) is 5.25. The maximum absolute atomic E-state index is 13.0. The largest absolute Gasteiger partial charge is 0.325 e. The van der Waals surface area contributed by atoms with Crippen LogP contribution in [-0.2, 0) is 17.0 Å². The molecule has 1 atom stereocenters. The van der Waals surface area contributed by atoms with Crippen molar-refractivity contribution in [3.8, 4) is 0 Å². The van der Waals surface area contributed by atoms with Crippen LogP contribution in [0, 0.1) is 0 Å². The fourth-order valence-corrected chi connectivity index (χ4v) is 5.53. The number of amides is 1. The van der Waals surface area contributed by atoms with Gasteiger partial charge in [-0.05, 0) is 30.5 Å². The Morgan fingerprint density at radius 1 is 1.12 bits per heavy atom. The van der Waals surface area contributed by atoms with Crippen LogP contribution in [0.1, 0.15) is 48.9 Å². The molecule has 2 aromatic heterocycles. The molecule has 0 aliphatic heterocycles. The number of para-hydroxylation sites is 1. The van der Waals surface area contributed by atoms with E-state index in [9.17, 15) is 9.59 Å². The lowest BCUT2D eigenvalue weighted by Gasteiger charge is -2.17. The van der Waals surface area contributed by atoms with Crippen LogP contribution in [-0.4, -0.2) is 20.5 Å². The number of hydrogen-bond donors (Lipinski definition) is 1. The third-order valence-corrected chi connectivity index (χ3v) is 7.33. The molecule has 1 N–H and O–H groups in total. The Balaban J connectivity index is 1.50. The molecular formula is C25H26N4O2S2. The number of carbonyl (C=O) groups is 1. The Labute approximate surface area is 201 Å². The summed E-state index contributed by atoms with van der Waals surface area (Å²) < 4.78 is 1.38. The van der Waals surface area contributed by atoms with E-state index >= 15 is 0 Å². The van der Waals surface area contributed by atoms with E-state index in [1.165, 1.54) is 15.9 Å². The summed E-state index contributed by atoms with van der Waals surface area (Å²) in [7, 11) is 0. The number of nitrogens with zero attached hydrogens (tertiary/aromatic N) is 3. The van der Waals surface area contributed by atoms with E-state index in [0.717, 1.165) is 34.0 Å².